The number of hydrogen-bond acceptors (Lipinski definition) is 2. The summed E-state index contributed by atoms with van der Waals surface area (Å²) in [4.78, 5) is 16.3. The normalized spacial score (nSPS) is 10.6. The van der Waals surface area contributed by atoms with Crippen LogP contribution in [-0.4, -0.2) is 15.5 Å². The van der Waals surface area contributed by atoms with Crippen LogP contribution in [0.5, 0.6) is 0 Å². The number of carbonyl (C=O) groups excluding carboxylic acids is 1. The highest BCUT2D eigenvalue weighted by Crippen LogP contribution is 2.22. The predicted molar refractivity (Wildman–Crippen MR) is 75.0 cm³/mol. The smallest absolute Gasteiger partial charge is 0.275 e. The molecule has 0 unspecified atom stereocenters. The van der Waals surface area contributed by atoms with E-state index in [0.29, 0.717) is 21.8 Å². The van der Waals surface area contributed by atoms with Gasteiger partial charge in [-0.05, 0) is 41.1 Å². The number of benzene rings is 1. The van der Waals surface area contributed by atoms with E-state index in [1.807, 2.05) is 0 Å². The molecule has 0 spiro atoms. The molecule has 1 N–H and O–H groups in total. The van der Waals surface area contributed by atoms with Crippen molar-refractivity contribution in [1.82, 2.24) is 9.55 Å². The van der Waals surface area contributed by atoms with E-state index in [1.165, 1.54) is 18.2 Å². The molecular formula is C12H10BrClFN3O. The molecule has 1 heterocycles. The van der Waals surface area contributed by atoms with Crippen LogP contribution in [0.3, 0.4) is 0 Å². The van der Waals surface area contributed by atoms with Crippen molar-refractivity contribution in [2.75, 3.05) is 5.32 Å². The lowest BCUT2D eigenvalue weighted by atomic mass is 10.3. The first-order chi connectivity index (χ1) is 8.90. The topological polar surface area (TPSA) is 46.9 Å². The van der Waals surface area contributed by atoms with Gasteiger partial charge in [-0.15, -0.1) is 0 Å². The molecule has 2 rings (SSSR count). The monoisotopic (exact) mass is 345 g/mol. The minimum atomic E-state index is -0.530. The second-order valence-corrected chi connectivity index (χ2v) is 5.10. The van der Waals surface area contributed by atoms with Crippen molar-refractivity contribution in [3.8, 4) is 0 Å². The Morgan fingerprint density at radius 2 is 2.21 bits per heavy atom. The number of imidazole rings is 1. The lowest BCUT2D eigenvalue weighted by Crippen LogP contribution is -2.16. The van der Waals surface area contributed by atoms with Gasteiger partial charge in [-0.2, -0.15) is 0 Å². The summed E-state index contributed by atoms with van der Waals surface area (Å²) in [6, 6.07) is 3.99. The van der Waals surface area contributed by atoms with Crippen molar-refractivity contribution in [1.29, 1.82) is 0 Å². The van der Waals surface area contributed by atoms with Crippen LogP contribution in [-0.2, 0) is 7.05 Å². The molecule has 0 aliphatic carbocycles. The predicted octanol–water partition coefficient (Wildman–Crippen LogP) is 3.54. The summed E-state index contributed by atoms with van der Waals surface area (Å²) in [7, 11) is 1.74. The second kappa shape index (κ2) is 5.30. The molecule has 19 heavy (non-hydrogen) atoms. The fraction of sp³-hybridized carbons (Fsp3) is 0.167. The van der Waals surface area contributed by atoms with E-state index in [4.69, 9.17) is 11.6 Å². The molecule has 0 saturated heterocycles. The molecule has 0 radical (unpaired) electrons. The number of aromatic nitrogens is 2. The zero-order valence-corrected chi connectivity index (χ0v) is 12.5. The molecule has 2 aromatic rings. The Labute approximate surface area is 122 Å². The molecule has 1 aromatic carbocycles. The summed E-state index contributed by atoms with van der Waals surface area (Å²) >= 11 is 8.89. The third kappa shape index (κ3) is 2.79. The third-order valence-corrected chi connectivity index (χ3v) is 3.51. The number of nitrogens with one attached hydrogen (secondary N) is 1. The first-order valence-corrected chi connectivity index (χ1v) is 6.52. The van der Waals surface area contributed by atoms with Gasteiger partial charge < -0.3 is 9.88 Å². The van der Waals surface area contributed by atoms with Gasteiger partial charge in [0.25, 0.3) is 5.91 Å². The number of nitrogens with zero attached hydrogens (tertiary/aromatic N) is 2. The average Bonchev–Trinajstić information content (AvgIpc) is 2.58. The van der Waals surface area contributed by atoms with Crippen LogP contribution in [0.25, 0.3) is 0 Å². The summed E-state index contributed by atoms with van der Waals surface area (Å²) in [6.07, 6.45) is 0. The summed E-state index contributed by atoms with van der Waals surface area (Å²) in [6.45, 7) is 1.79. The summed E-state index contributed by atoms with van der Waals surface area (Å²) in [5.41, 5.74) is 0.806. The van der Waals surface area contributed by atoms with Crippen molar-refractivity contribution in [2.45, 2.75) is 6.92 Å². The van der Waals surface area contributed by atoms with E-state index >= 15 is 0 Å². The van der Waals surface area contributed by atoms with Gasteiger partial charge in [0, 0.05) is 12.7 Å². The summed E-state index contributed by atoms with van der Waals surface area (Å²) < 4.78 is 15.1. The first kappa shape index (κ1) is 14.0. The number of rotatable bonds is 2. The Kier molecular flexibility index (Phi) is 3.91. The molecule has 0 aliphatic heterocycles. The van der Waals surface area contributed by atoms with Gasteiger partial charge in [0.2, 0.25) is 0 Å². The maximum Gasteiger partial charge on any atom is 0.275 e. The van der Waals surface area contributed by atoms with Gasteiger partial charge in [-0.25, -0.2) is 9.37 Å². The highest BCUT2D eigenvalue weighted by Gasteiger charge is 2.18. The van der Waals surface area contributed by atoms with Gasteiger partial charge in [0.15, 0.2) is 0 Å². The van der Waals surface area contributed by atoms with Crippen molar-refractivity contribution in [3.05, 3.63) is 45.2 Å². The van der Waals surface area contributed by atoms with Crippen molar-refractivity contribution in [3.63, 3.8) is 0 Å². The maximum atomic E-state index is 13.0. The number of anilines is 1. The molecule has 4 nitrogen and oxygen atoms in total. The van der Waals surface area contributed by atoms with Gasteiger partial charge in [0.1, 0.15) is 21.9 Å². The van der Waals surface area contributed by atoms with Crippen molar-refractivity contribution in [2.24, 2.45) is 7.05 Å². The largest absolute Gasteiger partial charge is 0.326 e. The van der Waals surface area contributed by atoms with Crippen molar-refractivity contribution >= 4 is 39.1 Å². The molecule has 1 amide bonds. The molecule has 0 aliphatic rings. The van der Waals surface area contributed by atoms with E-state index in [9.17, 15) is 9.18 Å². The third-order valence-electron chi connectivity index (χ3n) is 2.67. The fourth-order valence-electron chi connectivity index (χ4n) is 1.58. The Morgan fingerprint density at radius 3 is 2.74 bits per heavy atom. The fourth-order valence-corrected chi connectivity index (χ4v) is 2.46. The Morgan fingerprint density at radius 1 is 1.53 bits per heavy atom. The summed E-state index contributed by atoms with van der Waals surface area (Å²) in [5, 5.41) is 2.60. The number of carbonyl (C=O) groups is 1. The van der Waals surface area contributed by atoms with Gasteiger partial charge in [-0.1, -0.05) is 11.6 Å². The van der Waals surface area contributed by atoms with E-state index < -0.39 is 5.82 Å². The van der Waals surface area contributed by atoms with E-state index in [1.54, 1.807) is 18.5 Å². The van der Waals surface area contributed by atoms with E-state index in [-0.39, 0.29) is 10.9 Å². The highest BCUT2D eigenvalue weighted by atomic mass is 79.9. The molecule has 1 aromatic heterocycles. The number of halogens is 3. The molecule has 0 bridgehead atoms. The first-order valence-electron chi connectivity index (χ1n) is 5.35. The minimum absolute atomic E-state index is 0.0435. The number of aryl methyl sites for hydroxylation is 1. The molecule has 0 fully saturated rings. The van der Waals surface area contributed by atoms with Gasteiger partial charge in [-0.3, -0.25) is 4.79 Å². The Bertz CT molecular complexity index is 657. The number of amides is 1. The Hall–Kier alpha value is -1.40. The van der Waals surface area contributed by atoms with E-state index in [0.717, 1.165) is 0 Å². The van der Waals surface area contributed by atoms with Gasteiger partial charge in [0.05, 0.1) is 5.02 Å². The highest BCUT2D eigenvalue weighted by molar-refractivity contribution is 9.10. The lowest BCUT2D eigenvalue weighted by Gasteiger charge is -2.07. The maximum absolute atomic E-state index is 13.0. The van der Waals surface area contributed by atoms with Crippen LogP contribution in [0, 0.1) is 12.7 Å². The molecule has 0 saturated carbocycles. The van der Waals surface area contributed by atoms with Crippen LogP contribution in [0.4, 0.5) is 10.1 Å². The van der Waals surface area contributed by atoms with Crippen molar-refractivity contribution < 1.29 is 9.18 Å². The van der Waals surface area contributed by atoms with Crippen LogP contribution >= 0.6 is 27.5 Å². The molecular weight excluding hydrogens is 337 g/mol. The van der Waals surface area contributed by atoms with Crippen LogP contribution in [0.15, 0.2) is 22.8 Å². The van der Waals surface area contributed by atoms with Crippen LogP contribution in [0.2, 0.25) is 5.02 Å². The molecule has 100 valence electrons. The van der Waals surface area contributed by atoms with Crippen LogP contribution < -0.4 is 5.32 Å². The number of hydrogen-bond donors (Lipinski definition) is 1. The van der Waals surface area contributed by atoms with Gasteiger partial charge >= 0.3 is 0 Å². The standard InChI is InChI=1S/C12H10BrClFN3O/c1-6-16-11(13)10(18(6)2)12(19)17-7-3-4-9(15)8(14)5-7/h3-5H,1-2H3,(H,17,19). The van der Waals surface area contributed by atoms with E-state index in [2.05, 4.69) is 26.2 Å². The lowest BCUT2D eigenvalue weighted by molar-refractivity contribution is 0.101. The zero-order valence-electron chi connectivity index (χ0n) is 10.2. The Balaban J connectivity index is 2.28. The second-order valence-electron chi connectivity index (χ2n) is 3.94. The molecule has 0 atom stereocenters. The minimum Gasteiger partial charge on any atom is -0.326 e. The van der Waals surface area contributed by atoms with Crippen LogP contribution in [0.1, 0.15) is 16.3 Å². The molecule has 7 heteroatoms. The quantitative estimate of drug-likeness (QED) is 0.904. The zero-order chi connectivity index (χ0) is 14.2. The SMILES string of the molecule is Cc1nc(Br)c(C(=O)Nc2ccc(F)c(Cl)c2)n1C. The summed E-state index contributed by atoms with van der Waals surface area (Å²) in [5.74, 6) is -0.177. The average molecular weight is 347 g/mol.